The maximum atomic E-state index is 14.9. The first kappa shape index (κ1) is 20.1. The van der Waals surface area contributed by atoms with Gasteiger partial charge in [-0.15, -0.1) is 0 Å². The number of rotatable bonds is 5. The lowest BCUT2D eigenvalue weighted by Crippen LogP contribution is -2.24. The molecule has 3 aromatic carbocycles. The highest BCUT2D eigenvalue weighted by Crippen LogP contribution is 2.40. The zero-order chi connectivity index (χ0) is 22.2. The summed E-state index contributed by atoms with van der Waals surface area (Å²) < 4.78 is 26.8. The molecular weight excluding hydrogens is 411 g/mol. The molecule has 0 fully saturated rings. The minimum atomic E-state index is -0.927. The number of hydrogen-bond donors (Lipinski definition) is 3. The Morgan fingerprint density at radius 1 is 1.16 bits per heavy atom. The van der Waals surface area contributed by atoms with Crippen molar-refractivity contribution in [3.63, 3.8) is 0 Å². The lowest BCUT2D eigenvalue weighted by Gasteiger charge is -2.28. The van der Waals surface area contributed by atoms with Crippen LogP contribution in [0.1, 0.15) is 22.8 Å². The molecule has 0 spiro atoms. The maximum absolute atomic E-state index is 14.9. The van der Waals surface area contributed by atoms with Gasteiger partial charge >= 0.3 is 5.97 Å². The predicted octanol–water partition coefficient (Wildman–Crippen LogP) is 4.87. The van der Waals surface area contributed by atoms with Gasteiger partial charge in [0.25, 0.3) is 0 Å². The fourth-order valence-corrected chi connectivity index (χ4v) is 4.15. The maximum Gasteiger partial charge on any atom is 0.307 e. The van der Waals surface area contributed by atoms with Gasteiger partial charge in [-0.05, 0) is 23.8 Å². The number of furan rings is 1. The topological polar surface area (TPSA) is 97.7 Å². The Labute approximate surface area is 183 Å². The number of anilines is 1. The molecular formula is C25H21FN2O4. The number of benzene rings is 3. The fraction of sp³-hybridized carbons (Fsp3) is 0.160. The Kier molecular flexibility index (Phi) is 5.03. The van der Waals surface area contributed by atoms with Crippen molar-refractivity contribution in [1.82, 2.24) is 0 Å². The SMILES string of the molecule is NCc1cccc(-c2ccc3occ(C4CNc5cccc(CC(=O)O)c5O4)c3c2)c1F. The molecule has 0 aliphatic carbocycles. The molecule has 1 atom stereocenters. The Balaban J connectivity index is 1.54. The van der Waals surface area contributed by atoms with E-state index in [1.54, 1.807) is 36.6 Å². The second-order valence-corrected chi connectivity index (χ2v) is 7.74. The van der Waals surface area contributed by atoms with Gasteiger partial charge in [-0.3, -0.25) is 4.79 Å². The molecule has 0 radical (unpaired) electrons. The lowest BCUT2D eigenvalue weighted by atomic mass is 9.98. The van der Waals surface area contributed by atoms with Crippen LogP contribution in [0.2, 0.25) is 0 Å². The normalized spacial score (nSPS) is 15.1. The molecule has 162 valence electrons. The van der Waals surface area contributed by atoms with Crippen LogP contribution in [0, 0.1) is 5.82 Å². The van der Waals surface area contributed by atoms with Gasteiger partial charge in [-0.2, -0.15) is 0 Å². The third-order valence-corrected chi connectivity index (χ3v) is 5.74. The number of ether oxygens (including phenoxy) is 1. The summed E-state index contributed by atoms with van der Waals surface area (Å²) in [5, 5.41) is 13.4. The van der Waals surface area contributed by atoms with Crippen molar-refractivity contribution in [3.05, 3.63) is 83.4 Å². The van der Waals surface area contributed by atoms with Crippen LogP contribution in [0.15, 0.2) is 65.3 Å². The van der Waals surface area contributed by atoms with Crippen LogP contribution >= 0.6 is 0 Å². The minimum absolute atomic E-state index is 0.124. The van der Waals surface area contributed by atoms with E-state index in [4.69, 9.17) is 14.9 Å². The molecule has 1 aromatic heterocycles. The molecule has 4 N–H and O–H groups in total. The highest BCUT2D eigenvalue weighted by Gasteiger charge is 2.27. The molecule has 0 amide bonds. The highest BCUT2D eigenvalue weighted by molar-refractivity contribution is 5.87. The second-order valence-electron chi connectivity index (χ2n) is 7.74. The largest absolute Gasteiger partial charge is 0.481 e. The van der Waals surface area contributed by atoms with Gasteiger partial charge in [0.15, 0.2) is 0 Å². The number of nitrogens with two attached hydrogens (primary N) is 1. The first-order chi connectivity index (χ1) is 15.5. The Morgan fingerprint density at radius 2 is 1.97 bits per heavy atom. The number of carbonyl (C=O) groups is 1. The summed E-state index contributed by atoms with van der Waals surface area (Å²) in [4.78, 5) is 11.3. The van der Waals surface area contributed by atoms with Gasteiger partial charge < -0.3 is 25.3 Å². The van der Waals surface area contributed by atoms with E-state index in [0.29, 0.717) is 40.1 Å². The van der Waals surface area contributed by atoms with Crippen molar-refractivity contribution in [1.29, 1.82) is 0 Å². The Hall–Kier alpha value is -3.84. The Bertz CT molecular complexity index is 1330. The van der Waals surface area contributed by atoms with E-state index in [2.05, 4.69) is 5.32 Å². The van der Waals surface area contributed by atoms with E-state index in [0.717, 1.165) is 16.6 Å². The van der Waals surface area contributed by atoms with E-state index >= 15 is 0 Å². The molecule has 2 heterocycles. The van der Waals surface area contributed by atoms with Crippen molar-refractivity contribution >= 4 is 22.6 Å². The number of nitrogens with one attached hydrogen (secondary N) is 1. The van der Waals surface area contributed by atoms with Crippen LogP contribution in [-0.2, 0) is 17.8 Å². The van der Waals surface area contributed by atoms with Gasteiger partial charge in [-0.25, -0.2) is 4.39 Å². The number of carboxylic acid groups (broad SMARTS) is 1. The van der Waals surface area contributed by atoms with Crippen molar-refractivity contribution in [2.75, 3.05) is 11.9 Å². The number of para-hydroxylation sites is 1. The van der Waals surface area contributed by atoms with Gasteiger partial charge in [0.1, 0.15) is 23.3 Å². The van der Waals surface area contributed by atoms with Gasteiger partial charge in [0.2, 0.25) is 0 Å². The monoisotopic (exact) mass is 432 g/mol. The summed E-state index contributed by atoms with van der Waals surface area (Å²) in [6.07, 6.45) is 1.11. The molecule has 0 saturated carbocycles. The summed E-state index contributed by atoms with van der Waals surface area (Å²) in [6.45, 7) is 0.609. The van der Waals surface area contributed by atoms with E-state index in [9.17, 15) is 14.3 Å². The van der Waals surface area contributed by atoms with Crippen molar-refractivity contribution in [3.8, 4) is 16.9 Å². The van der Waals surface area contributed by atoms with E-state index in [1.165, 1.54) is 0 Å². The highest BCUT2D eigenvalue weighted by atomic mass is 19.1. The zero-order valence-corrected chi connectivity index (χ0v) is 17.1. The summed E-state index contributed by atoms with van der Waals surface area (Å²) in [7, 11) is 0. The van der Waals surface area contributed by atoms with Crippen LogP contribution < -0.4 is 15.8 Å². The smallest absolute Gasteiger partial charge is 0.307 e. The molecule has 1 aliphatic rings. The van der Waals surface area contributed by atoms with Crippen LogP contribution in [0.4, 0.5) is 10.1 Å². The molecule has 0 saturated heterocycles. The van der Waals surface area contributed by atoms with E-state index in [1.807, 2.05) is 24.3 Å². The van der Waals surface area contributed by atoms with Gasteiger partial charge in [-0.1, -0.05) is 36.4 Å². The number of hydrogen-bond acceptors (Lipinski definition) is 5. The minimum Gasteiger partial charge on any atom is -0.481 e. The molecule has 1 unspecified atom stereocenters. The molecule has 6 nitrogen and oxygen atoms in total. The summed E-state index contributed by atoms with van der Waals surface area (Å²) in [5.41, 5.74) is 10.1. The molecule has 4 aromatic rings. The Morgan fingerprint density at radius 3 is 2.78 bits per heavy atom. The third-order valence-electron chi connectivity index (χ3n) is 5.74. The van der Waals surface area contributed by atoms with Gasteiger partial charge in [0.05, 0.1) is 24.9 Å². The van der Waals surface area contributed by atoms with Crippen LogP contribution in [0.3, 0.4) is 0 Å². The lowest BCUT2D eigenvalue weighted by molar-refractivity contribution is -0.136. The molecule has 0 bridgehead atoms. The summed E-state index contributed by atoms with van der Waals surface area (Å²) in [6, 6.07) is 16.1. The molecule has 32 heavy (non-hydrogen) atoms. The van der Waals surface area contributed by atoms with Crippen molar-refractivity contribution in [2.24, 2.45) is 5.73 Å². The quantitative estimate of drug-likeness (QED) is 0.416. The summed E-state index contributed by atoms with van der Waals surface area (Å²) >= 11 is 0. The number of aliphatic carboxylic acids is 1. The zero-order valence-electron chi connectivity index (χ0n) is 17.1. The average molecular weight is 432 g/mol. The van der Waals surface area contributed by atoms with Crippen LogP contribution in [-0.4, -0.2) is 17.6 Å². The molecule has 1 aliphatic heterocycles. The van der Waals surface area contributed by atoms with E-state index < -0.39 is 12.1 Å². The number of carboxylic acids is 1. The van der Waals surface area contributed by atoms with E-state index in [-0.39, 0.29) is 18.8 Å². The van der Waals surface area contributed by atoms with Gasteiger partial charge in [0, 0.05) is 34.2 Å². The standard InChI is InChI=1S/C25H21FN2O4/c26-24-16(11-27)4-1-5-17(24)14-7-8-21-18(9-14)19(13-31-21)22-12-28-20-6-2-3-15(10-23(29)30)25(20)32-22/h1-9,13,22,28H,10-12,27H2,(H,29,30). The molecule has 5 rings (SSSR count). The third kappa shape index (κ3) is 3.46. The first-order valence-electron chi connectivity index (χ1n) is 10.3. The fourth-order valence-electron chi connectivity index (χ4n) is 4.15. The van der Waals surface area contributed by atoms with Crippen molar-refractivity contribution in [2.45, 2.75) is 19.1 Å². The van der Waals surface area contributed by atoms with Crippen LogP contribution in [0.25, 0.3) is 22.1 Å². The first-order valence-corrected chi connectivity index (χ1v) is 10.3. The second kappa shape index (κ2) is 8.01. The van der Waals surface area contributed by atoms with Crippen LogP contribution in [0.5, 0.6) is 5.75 Å². The predicted molar refractivity (Wildman–Crippen MR) is 119 cm³/mol. The summed E-state index contributed by atoms with van der Waals surface area (Å²) in [5.74, 6) is -0.732. The number of halogens is 1. The molecule has 7 heteroatoms. The van der Waals surface area contributed by atoms with Crippen molar-refractivity contribution < 1.29 is 23.4 Å². The number of fused-ring (bicyclic) bond motifs is 2. The average Bonchev–Trinajstić information content (AvgIpc) is 3.22.